The van der Waals surface area contributed by atoms with Gasteiger partial charge in [-0.25, -0.2) is 19.6 Å². The van der Waals surface area contributed by atoms with E-state index in [0.29, 0.717) is 49.0 Å². The molecule has 0 bridgehead atoms. The monoisotopic (exact) mass is 913 g/mol. The second-order valence-corrected chi connectivity index (χ2v) is 17.3. The Labute approximate surface area is 378 Å². The van der Waals surface area contributed by atoms with Crippen LogP contribution in [0.4, 0.5) is 35.5 Å². The average molecular weight is 914 g/mol. The zero-order chi connectivity index (χ0) is 46.4. The molecule has 350 valence electrons. The number of likely N-dealkylation sites (tertiary alicyclic amines) is 1. The van der Waals surface area contributed by atoms with Crippen LogP contribution >= 0.6 is 0 Å². The second-order valence-electron chi connectivity index (χ2n) is 17.3. The SMILES string of the molecule is O=C(N[C@H]1C[C@@H](n2cnc3c(NCC(c4ccccc4)c4ccccc4)nc(N[C@@H]4CCN(C(=O)NC5CCN(c6ccccn6)CC5)C4)nc32)[C@H](O)[C@@H]1O)C1CCC1.O=C(O)C(F)(F)F. The number of alkyl halides is 3. The molecule has 4 fully saturated rings. The summed E-state index contributed by atoms with van der Waals surface area (Å²) < 4.78 is 33.5. The van der Waals surface area contributed by atoms with Crippen LogP contribution in [0.2, 0.25) is 0 Å². The number of aliphatic hydroxyl groups excluding tert-OH is 2. The number of aromatic nitrogens is 5. The Hall–Kier alpha value is -6.54. The van der Waals surface area contributed by atoms with Crippen molar-refractivity contribution < 1.29 is 42.9 Å². The number of hydrogen-bond acceptors (Lipinski definition) is 12. The first-order chi connectivity index (χ1) is 31.8. The number of rotatable bonds is 12. The quantitative estimate of drug-likeness (QED) is 0.0885. The third kappa shape index (κ3) is 10.8. The van der Waals surface area contributed by atoms with Crippen molar-refractivity contribution in [2.75, 3.05) is 48.3 Å². The van der Waals surface area contributed by atoms with Crippen LogP contribution < -0.4 is 26.2 Å². The first kappa shape index (κ1) is 46.0. The van der Waals surface area contributed by atoms with Crippen LogP contribution in [0.5, 0.6) is 0 Å². The van der Waals surface area contributed by atoms with Crippen LogP contribution in [0, 0.1) is 5.92 Å². The number of nitrogens with zero attached hydrogens (tertiary/aromatic N) is 7. The molecule has 0 spiro atoms. The summed E-state index contributed by atoms with van der Waals surface area (Å²) in [6, 6.07) is 25.4. The lowest BCUT2D eigenvalue weighted by molar-refractivity contribution is -0.192. The van der Waals surface area contributed by atoms with E-state index < -0.39 is 36.4 Å². The number of carbonyl (C=O) groups is 3. The number of aliphatic carboxylic acids is 1. The number of hydrogen-bond donors (Lipinski definition) is 7. The van der Waals surface area contributed by atoms with Crippen molar-refractivity contribution in [1.82, 2.24) is 40.0 Å². The number of urea groups is 1. The number of nitrogens with one attached hydrogen (secondary N) is 4. The van der Waals surface area contributed by atoms with Gasteiger partial charge in [0, 0.05) is 62.8 Å². The van der Waals surface area contributed by atoms with Crippen molar-refractivity contribution in [3.05, 3.63) is 103 Å². The Morgan fingerprint density at radius 2 is 1.44 bits per heavy atom. The van der Waals surface area contributed by atoms with Crippen molar-refractivity contribution >= 4 is 46.7 Å². The van der Waals surface area contributed by atoms with Gasteiger partial charge >= 0.3 is 18.2 Å². The molecule has 2 aliphatic carbocycles. The molecule has 5 aromatic rings. The number of piperidine rings is 1. The molecule has 3 aromatic heterocycles. The molecule has 0 radical (unpaired) electrons. The predicted molar refractivity (Wildman–Crippen MR) is 239 cm³/mol. The fraction of sp³-hybridized carbons (Fsp3) is 0.457. The molecule has 20 heteroatoms. The van der Waals surface area contributed by atoms with Gasteiger partial charge in [-0.2, -0.15) is 23.1 Å². The Bertz CT molecular complexity index is 2380. The summed E-state index contributed by atoms with van der Waals surface area (Å²) in [7, 11) is 0. The molecule has 5 atom stereocenters. The van der Waals surface area contributed by atoms with E-state index in [4.69, 9.17) is 24.9 Å². The number of carbonyl (C=O) groups excluding carboxylic acids is 2. The first-order valence-electron chi connectivity index (χ1n) is 22.3. The molecule has 3 amide bonds. The maximum atomic E-state index is 13.5. The molecule has 0 unspecified atom stereocenters. The maximum absolute atomic E-state index is 13.5. The van der Waals surface area contributed by atoms with E-state index in [1.54, 1.807) is 10.9 Å². The number of pyridine rings is 1. The Balaban J connectivity index is 0.000000785. The lowest BCUT2D eigenvalue weighted by atomic mass is 9.84. The fourth-order valence-corrected chi connectivity index (χ4v) is 9.05. The lowest BCUT2D eigenvalue weighted by Crippen LogP contribution is -2.49. The van der Waals surface area contributed by atoms with E-state index in [0.717, 1.165) is 68.6 Å². The molecule has 2 saturated heterocycles. The highest BCUT2D eigenvalue weighted by atomic mass is 19.4. The summed E-state index contributed by atoms with van der Waals surface area (Å²) in [5.41, 5.74) is 3.33. The van der Waals surface area contributed by atoms with Gasteiger partial charge in [0.2, 0.25) is 11.9 Å². The average Bonchev–Trinajstić information content (AvgIpc) is 4.02. The van der Waals surface area contributed by atoms with Gasteiger partial charge in [0.1, 0.15) is 18.0 Å². The van der Waals surface area contributed by atoms with Gasteiger partial charge in [0.15, 0.2) is 17.0 Å². The van der Waals surface area contributed by atoms with Crippen LogP contribution in [0.1, 0.15) is 68.0 Å². The molecular weight excluding hydrogens is 860 g/mol. The van der Waals surface area contributed by atoms with E-state index in [1.807, 2.05) is 65.7 Å². The minimum Gasteiger partial charge on any atom is -0.475 e. The zero-order valence-electron chi connectivity index (χ0n) is 36.1. The Kier molecular flexibility index (Phi) is 14.2. The topological polar surface area (TPSA) is 223 Å². The third-order valence-electron chi connectivity index (χ3n) is 13.0. The normalized spacial score (nSPS) is 22.4. The van der Waals surface area contributed by atoms with Gasteiger partial charge in [-0.3, -0.25) is 4.79 Å². The highest BCUT2D eigenvalue weighted by Gasteiger charge is 2.45. The number of aliphatic hydroxyl groups is 2. The smallest absolute Gasteiger partial charge is 0.475 e. The van der Waals surface area contributed by atoms with Gasteiger partial charge in [0.05, 0.1) is 18.4 Å². The number of fused-ring (bicyclic) bond motifs is 1. The van der Waals surface area contributed by atoms with Gasteiger partial charge < -0.3 is 51.0 Å². The van der Waals surface area contributed by atoms with E-state index >= 15 is 0 Å². The standard InChI is InChI=1S/C44H53N11O4.C2HF3O2/c56-38-34(50-42(58)30-14-9-15-30)24-35(39(38)57)55-27-47-37-40(46-25-33(28-10-3-1-4-11-28)29-12-5-2-6-13-29)51-43(52-41(37)55)48-32-19-23-54(26-32)44(59)49-31-17-21-53(22-18-31)36-16-7-8-20-45-36;3-2(4,5)1(6)7/h1-8,10-13,16,20,27,30-35,38-39,56-57H,9,14-15,17-19,21-26H2,(H,49,59)(H,50,58)(H2,46,48,51,52);(H,6,7)/t32-,34+,35-,38-,39+;/m1./s1. The van der Waals surface area contributed by atoms with Crippen LogP contribution in [0.15, 0.2) is 91.4 Å². The van der Waals surface area contributed by atoms with Crippen molar-refractivity contribution in [2.24, 2.45) is 5.92 Å². The summed E-state index contributed by atoms with van der Waals surface area (Å²) >= 11 is 0. The molecule has 2 saturated carbocycles. The summed E-state index contributed by atoms with van der Waals surface area (Å²) in [5.74, 6) is -0.986. The van der Waals surface area contributed by atoms with E-state index in [9.17, 15) is 33.0 Å². The summed E-state index contributed by atoms with van der Waals surface area (Å²) in [6.07, 6.45) is 1.54. The second kappa shape index (κ2) is 20.3. The van der Waals surface area contributed by atoms with Gasteiger partial charge in [-0.1, -0.05) is 73.2 Å². The van der Waals surface area contributed by atoms with Gasteiger partial charge in [0.25, 0.3) is 0 Å². The van der Waals surface area contributed by atoms with Crippen molar-refractivity contribution in [1.29, 1.82) is 0 Å². The Morgan fingerprint density at radius 3 is 2.05 bits per heavy atom. The van der Waals surface area contributed by atoms with E-state index in [1.165, 1.54) is 0 Å². The first-order valence-corrected chi connectivity index (χ1v) is 22.3. The maximum Gasteiger partial charge on any atom is 0.490 e. The molecule has 17 nitrogen and oxygen atoms in total. The van der Waals surface area contributed by atoms with Gasteiger partial charge in [-0.05, 0) is 61.8 Å². The van der Waals surface area contributed by atoms with E-state index in [2.05, 4.69) is 55.4 Å². The van der Waals surface area contributed by atoms with Crippen LogP contribution in [-0.2, 0) is 9.59 Å². The predicted octanol–water partition coefficient (Wildman–Crippen LogP) is 4.91. The third-order valence-corrected chi connectivity index (χ3v) is 13.0. The van der Waals surface area contributed by atoms with E-state index in [-0.39, 0.29) is 35.9 Å². The zero-order valence-corrected chi connectivity index (χ0v) is 36.1. The molecule has 7 N–H and O–H groups in total. The van der Waals surface area contributed by atoms with Crippen LogP contribution in [0.3, 0.4) is 0 Å². The molecule has 66 heavy (non-hydrogen) atoms. The van der Waals surface area contributed by atoms with Crippen molar-refractivity contribution in [2.45, 2.75) is 93.4 Å². The minimum absolute atomic E-state index is 0.0110. The molecule has 2 aromatic carbocycles. The van der Waals surface area contributed by atoms with Crippen LogP contribution in [-0.4, -0.2) is 132 Å². The lowest BCUT2D eigenvalue weighted by Gasteiger charge is -2.33. The van der Waals surface area contributed by atoms with Crippen molar-refractivity contribution in [3.8, 4) is 0 Å². The highest BCUT2D eigenvalue weighted by molar-refractivity contribution is 5.85. The molecule has 4 aliphatic rings. The largest absolute Gasteiger partial charge is 0.490 e. The van der Waals surface area contributed by atoms with Crippen molar-refractivity contribution in [3.63, 3.8) is 0 Å². The fourth-order valence-electron chi connectivity index (χ4n) is 9.05. The number of imidazole rings is 1. The Morgan fingerprint density at radius 1 is 0.788 bits per heavy atom. The number of carboxylic acids is 1. The highest BCUT2D eigenvalue weighted by Crippen LogP contribution is 2.36. The number of anilines is 3. The molecule has 9 rings (SSSR count). The van der Waals surface area contributed by atoms with Crippen LogP contribution in [0.25, 0.3) is 11.2 Å². The number of benzene rings is 2. The summed E-state index contributed by atoms with van der Waals surface area (Å²) in [6.45, 7) is 3.27. The number of halogens is 3. The molecular formula is C46H54F3N11O6. The number of carboxylic acid groups (broad SMARTS) is 1. The summed E-state index contributed by atoms with van der Waals surface area (Å²) in [5, 5.41) is 43.0. The number of amides is 3. The molecule has 2 aliphatic heterocycles. The molecule has 5 heterocycles. The summed E-state index contributed by atoms with van der Waals surface area (Å²) in [4.78, 5) is 58.5. The minimum atomic E-state index is -5.08. The van der Waals surface area contributed by atoms with Gasteiger partial charge in [-0.15, -0.1) is 0 Å².